The molecular formula is C21H20FN3O3. The topological polar surface area (TPSA) is 68.5 Å². The summed E-state index contributed by atoms with van der Waals surface area (Å²) in [7, 11) is 1.62. The highest BCUT2D eigenvalue weighted by Gasteiger charge is 2.36. The van der Waals surface area contributed by atoms with E-state index in [1.807, 2.05) is 36.1 Å². The Labute approximate surface area is 161 Å². The zero-order chi connectivity index (χ0) is 19.7. The molecule has 0 N–H and O–H groups in total. The molecule has 144 valence electrons. The first-order valence-electron chi connectivity index (χ1n) is 9.08. The van der Waals surface area contributed by atoms with Gasteiger partial charge in [-0.2, -0.15) is 4.98 Å². The number of hydrogen-bond acceptors (Lipinski definition) is 5. The lowest BCUT2D eigenvalue weighted by atomic mass is 10.1. The smallest absolute Gasteiger partial charge is 0.260 e. The van der Waals surface area contributed by atoms with Crippen molar-refractivity contribution >= 4 is 5.91 Å². The van der Waals surface area contributed by atoms with Gasteiger partial charge in [-0.25, -0.2) is 4.39 Å². The highest BCUT2D eigenvalue weighted by molar-refractivity contribution is 5.80. The van der Waals surface area contributed by atoms with Crippen LogP contribution in [-0.4, -0.2) is 34.6 Å². The van der Waals surface area contributed by atoms with E-state index < -0.39 is 5.82 Å². The number of rotatable bonds is 5. The zero-order valence-electron chi connectivity index (χ0n) is 15.6. The molecule has 0 spiro atoms. The van der Waals surface area contributed by atoms with E-state index in [4.69, 9.17) is 9.26 Å². The van der Waals surface area contributed by atoms with E-state index in [-0.39, 0.29) is 29.3 Å². The van der Waals surface area contributed by atoms with E-state index in [9.17, 15) is 9.18 Å². The maximum absolute atomic E-state index is 13.9. The lowest BCUT2D eigenvalue weighted by Gasteiger charge is -2.25. The first kappa shape index (κ1) is 18.2. The van der Waals surface area contributed by atoms with Gasteiger partial charge in [0.1, 0.15) is 11.6 Å². The first-order valence-corrected chi connectivity index (χ1v) is 9.08. The largest absolute Gasteiger partial charge is 0.497 e. The van der Waals surface area contributed by atoms with E-state index in [2.05, 4.69) is 10.1 Å². The molecule has 7 heteroatoms. The van der Waals surface area contributed by atoms with Gasteiger partial charge in [-0.3, -0.25) is 4.79 Å². The van der Waals surface area contributed by atoms with Crippen molar-refractivity contribution in [3.63, 3.8) is 0 Å². The highest BCUT2D eigenvalue weighted by atomic mass is 19.1. The van der Waals surface area contributed by atoms with Gasteiger partial charge in [0.25, 0.3) is 5.89 Å². The van der Waals surface area contributed by atoms with E-state index in [1.165, 1.54) is 6.07 Å². The number of amides is 1. The molecule has 1 aliphatic heterocycles. The van der Waals surface area contributed by atoms with Crippen LogP contribution in [0.25, 0.3) is 11.5 Å². The van der Waals surface area contributed by atoms with E-state index in [1.54, 1.807) is 25.3 Å². The van der Waals surface area contributed by atoms with Crippen molar-refractivity contribution in [3.05, 3.63) is 65.7 Å². The third-order valence-electron chi connectivity index (χ3n) is 5.14. The van der Waals surface area contributed by atoms with Crippen LogP contribution in [0.4, 0.5) is 4.39 Å². The normalized spacial score (nSPS) is 17.8. The van der Waals surface area contributed by atoms with Crippen LogP contribution < -0.4 is 4.74 Å². The van der Waals surface area contributed by atoms with Gasteiger partial charge in [0.15, 0.2) is 5.82 Å². The van der Waals surface area contributed by atoms with Gasteiger partial charge in [-0.05, 0) is 36.8 Å². The molecule has 1 aromatic heterocycles. The standard InChI is InChI=1S/C21H20FN3O3/c1-13(14-7-9-16(27-2)10-8-14)25-12-15(11-19(25)26)20-23-21(28-24-20)17-5-3-4-6-18(17)22/h3-10,13,15H,11-12H2,1-2H3. The molecule has 28 heavy (non-hydrogen) atoms. The molecule has 3 aromatic rings. The zero-order valence-corrected chi connectivity index (χ0v) is 15.6. The first-order chi connectivity index (χ1) is 13.6. The Balaban J connectivity index is 1.51. The second-order valence-electron chi connectivity index (χ2n) is 6.83. The van der Waals surface area contributed by atoms with Crippen LogP contribution in [-0.2, 0) is 4.79 Å². The van der Waals surface area contributed by atoms with Crippen LogP contribution in [0.1, 0.15) is 36.7 Å². The molecule has 2 atom stereocenters. The Morgan fingerprint density at radius 2 is 1.96 bits per heavy atom. The Morgan fingerprint density at radius 1 is 1.21 bits per heavy atom. The molecule has 4 rings (SSSR count). The molecule has 1 aliphatic rings. The number of aromatic nitrogens is 2. The Morgan fingerprint density at radius 3 is 2.68 bits per heavy atom. The molecule has 1 amide bonds. The van der Waals surface area contributed by atoms with Crippen molar-refractivity contribution in [1.82, 2.24) is 15.0 Å². The van der Waals surface area contributed by atoms with Crippen molar-refractivity contribution in [2.75, 3.05) is 13.7 Å². The summed E-state index contributed by atoms with van der Waals surface area (Å²) in [6.07, 6.45) is 0.302. The Kier molecular flexibility index (Phi) is 4.81. The minimum atomic E-state index is -0.421. The molecule has 2 aromatic carbocycles. The molecule has 2 heterocycles. The fraction of sp³-hybridized carbons (Fsp3) is 0.286. The average molecular weight is 381 g/mol. The van der Waals surface area contributed by atoms with Crippen molar-refractivity contribution in [2.45, 2.75) is 25.3 Å². The Bertz CT molecular complexity index is 987. The maximum Gasteiger partial charge on any atom is 0.260 e. The third-order valence-corrected chi connectivity index (χ3v) is 5.14. The molecule has 0 saturated carbocycles. The number of carbonyl (C=O) groups is 1. The number of methoxy groups -OCH3 is 1. The van der Waals surface area contributed by atoms with E-state index in [0.29, 0.717) is 18.8 Å². The van der Waals surface area contributed by atoms with Gasteiger partial charge >= 0.3 is 0 Å². The molecule has 2 unspecified atom stereocenters. The molecule has 0 bridgehead atoms. The van der Waals surface area contributed by atoms with Crippen molar-refractivity contribution in [2.24, 2.45) is 0 Å². The van der Waals surface area contributed by atoms with Gasteiger partial charge in [-0.1, -0.05) is 29.4 Å². The summed E-state index contributed by atoms with van der Waals surface area (Å²) in [6.45, 7) is 2.48. The Hall–Kier alpha value is -3.22. The minimum Gasteiger partial charge on any atom is -0.497 e. The number of likely N-dealkylation sites (tertiary alicyclic amines) is 1. The summed E-state index contributed by atoms with van der Waals surface area (Å²) in [6, 6.07) is 13.8. The van der Waals surface area contributed by atoms with Crippen LogP contribution in [0, 0.1) is 5.82 Å². The van der Waals surface area contributed by atoms with E-state index >= 15 is 0 Å². The van der Waals surface area contributed by atoms with Gasteiger partial charge < -0.3 is 14.2 Å². The number of ether oxygens (including phenoxy) is 1. The molecule has 1 saturated heterocycles. The van der Waals surface area contributed by atoms with Gasteiger partial charge in [0.2, 0.25) is 5.91 Å². The predicted octanol–water partition coefficient (Wildman–Crippen LogP) is 3.96. The average Bonchev–Trinajstić information content (AvgIpc) is 3.35. The second kappa shape index (κ2) is 7.42. The van der Waals surface area contributed by atoms with Crippen molar-refractivity contribution < 1.29 is 18.4 Å². The molecule has 1 fully saturated rings. The molecule has 6 nitrogen and oxygen atoms in total. The molecular weight excluding hydrogens is 361 g/mol. The van der Waals surface area contributed by atoms with Gasteiger partial charge in [-0.15, -0.1) is 0 Å². The monoisotopic (exact) mass is 381 g/mol. The number of nitrogens with zero attached hydrogens (tertiary/aromatic N) is 3. The van der Waals surface area contributed by atoms with Gasteiger partial charge in [0, 0.05) is 18.9 Å². The van der Waals surface area contributed by atoms with Crippen LogP contribution in [0.3, 0.4) is 0 Å². The van der Waals surface area contributed by atoms with Crippen molar-refractivity contribution in [1.29, 1.82) is 0 Å². The lowest BCUT2D eigenvalue weighted by molar-refractivity contribution is -0.129. The quantitative estimate of drug-likeness (QED) is 0.669. The van der Waals surface area contributed by atoms with Crippen LogP contribution >= 0.6 is 0 Å². The summed E-state index contributed by atoms with van der Waals surface area (Å²) in [5.41, 5.74) is 1.28. The number of benzene rings is 2. The predicted molar refractivity (Wildman–Crippen MR) is 100 cm³/mol. The van der Waals surface area contributed by atoms with Crippen LogP contribution in [0.2, 0.25) is 0 Å². The van der Waals surface area contributed by atoms with Crippen molar-refractivity contribution in [3.8, 4) is 17.2 Å². The summed E-state index contributed by atoms with van der Waals surface area (Å²) in [5.74, 6) is 0.755. The summed E-state index contributed by atoms with van der Waals surface area (Å²) >= 11 is 0. The summed E-state index contributed by atoms with van der Waals surface area (Å²) in [5, 5.41) is 3.99. The van der Waals surface area contributed by atoms with E-state index in [0.717, 1.165) is 11.3 Å². The van der Waals surface area contributed by atoms with Crippen LogP contribution in [0.15, 0.2) is 53.1 Å². The number of carbonyl (C=O) groups excluding carboxylic acids is 1. The fourth-order valence-corrected chi connectivity index (χ4v) is 3.49. The minimum absolute atomic E-state index is 0.0329. The SMILES string of the molecule is COc1ccc(C(C)N2CC(c3noc(-c4ccccc4F)n3)CC2=O)cc1. The summed E-state index contributed by atoms with van der Waals surface area (Å²) in [4.78, 5) is 18.7. The maximum atomic E-state index is 13.9. The molecule has 0 aliphatic carbocycles. The number of halogens is 1. The number of hydrogen-bond donors (Lipinski definition) is 0. The molecule has 0 radical (unpaired) electrons. The lowest BCUT2D eigenvalue weighted by Crippen LogP contribution is -2.28. The highest BCUT2D eigenvalue weighted by Crippen LogP contribution is 2.34. The van der Waals surface area contributed by atoms with Gasteiger partial charge in [0.05, 0.1) is 18.7 Å². The summed E-state index contributed by atoms with van der Waals surface area (Å²) < 4.78 is 24.4. The third kappa shape index (κ3) is 3.35. The van der Waals surface area contributed by atoms with Crippen LogP contribution in [0.5, 0.6) is 5.75 Å². The second-order valence-corrected chi connectivity index (χ2v) is 6.83. The fourth-order valence-electron chi connectivity index (χ4n) is 3.49.